The molecule has 0 spiro atoms. The molecule has 4 rings (SSSR count). The molecule has 4 aromatic rings. The van der Waals surface area contributed by atoms with E-state index in [1.165, 1.54) is 6.07 Å². The van der Waals surface area contributed by atoms with E-state index in [2.05, 4.69) is 15.4 Å². The number of para-hydroxylation sites is 1. The molecule has 1 amide bonds. The van der Waals surface area contributed by atoms with Crippen LogP contribution >= 0.6 is 0 Å². The molecule has 1 aromatic carbocycles. The summed E-state index contributed by atoms with van der Waals surface area (Å²) in [5, 5.41) is 7.35. The molecule has 0 bridgehead atoms. The van der Waals surface area contributed by atoms with Crippen LogP contribution in [0.25, 0.3) is 22.1 Å². The summed E-state index contributed by atoms with van der Waals surface area (Å²) in [4.78, 5) is 28.7. The zero-order chi connectivity index (χ0) is 18.8. The van der Waals surface area contributed by atoms with Crippen LogP contribution in [0, 0.1) is 0 Å². The predicted octanol–water partition coefficient (Wildman–Crippen LogP) is 2.52. The van der Waals surface area contributed by atoms with Gasteiger partial charge in [-0.1, -0.05) is 12.1 Å². The number of nitrogens with one attached hydrogen (secondary N) is 1. The molecule has 0 atom stereocenters. The molecule has 27 heavy (non-hydrogen) atoms. The van der Waals surface area contributed by atoms with Gasteiger partial charge in [-0.3, -0.25) is 19.3 Å². The Labute approximate surface area is 154 Å². The molecular weight excluding hydrogens is 344 g/mol. The second kappa shape index (κ2) is 6.87. The molecule has 0 aliphatic rings. The number of carbonyl (C=O) groups is 1. The minimum absolute atomic E-state index is 0.0185. The number of nitrogens with zero attached hydrogens (tertiary/aromatic N) is 3. The molecule has 0 aliphatic heterocycles. The quantitative estimate of drug-likeness (QED) is 0.604. The van der Waals surface area contributed by atoms with Gasteiger partial charge in [0.25, 0.3) is 5.91 Å². The number of benzene rings is 1. The molecule has 1 N–H and O–H groups in total. The molecule has 0 fully saturated rings. The molecule has 0 saturated carbocycles. The average Bonchev–Trinajstić information content (AvgIpc) is 3.13. The lowest BCUT2D eigenvalue weighted by Crippen LogP contribution is -2.24. The molecule has 3 aromatic heterocycles. The van der Waals surface area contributed by atoms with Gasteiger partial charge in [0.15, 0.2) is 11.2 Å². The first-order valence-electron chi connectivity index (χ1n) is 8.34. The van der Waals surface area contributed by atoms with E-state index >= 15 is 0 Å². The molecule has 0 aliphatic carbocycles. The van der Waals surface area contributed by atoms with Crippen LogP contribution in [0.1, 0.15) is 16.1 Å². The largest absolute Gasteiger partial charge is 0.451 e. The number of carbonyl (C=O) groups excluding carboxylic acids is 1. The van der Waals surface area contributed by atoms with Gasteiger partial charge in [0.1, 0.15) is 5.58 Å². The Hall–Kier alpha value is -3.74. The number of amides is 1. The number of fused-ring (bicyclic) bond motifs is 1. The average molecular weight is 360 g/mol. The number of hydrogen-bond donors (Lipinski definition) is 1. The van der Waals surface area contributed by atoms with Crippen molar-refractivity contribution in [1.82, 2.24) is 20.1 Å². The fraction of sp³-hybridized carbons (Fsp3) is 0.100. The normalized spacial score (nSPS) is 10.9. The van der Waals surface area contributed by atoms with Crippen LogP contribution in [0.4, 0.5) is 0 Å². The highest BCUT2D eigenvalue weighted by molar-refractivity contribution is 5.93. The van der Waals surface area contributed by atoms with E-state index in [-0.39, 0.29) is 17.7 Å². The van der Waals surface area contributed by atoms with Crippen molar-refractivity contribution < 1.29 is 9.21 Å². The zero-order valence-electron chi connectivity index (χ0n) is 14.5. The molecule has 0 saturated heterocycles. The number of pyridine rings is 1. The van der Waals surface area contributed by atoms with E-state index in [1.54, 1.807) is 47.5 Å². The maximum Gasteiger partial charge on any atom is 0.287 e. The number of hydrogen-bond acceptors (Lipinski definition) is 5. The van der Waals surface area contributed by atoms with Crippen molar-refractivity contribution in [2.75, 3.05) is 0 Å². The molecule has 3 heterocycles. The Balaban J connectivity index is 1.52. The van der Waals surface area contributed by atoms with Gasteiger partial charge >= 0.3 is 0 Å². The van der Waals surface area contributed by atoms with E-state index in [0.717, 1.165) is 16.7 Å². The molecule has 0 radical (unpaired) electrons. The second-order valence-corrected chi connectivity index (χ2v) is 6.14. The fourth-order valence-corrected chi connectivity index (χ4v) is 2.80. The lowest BCUT2D eigenvalue weighted by atomic mass is 10.1. The van der Waals surface area contributed by atoms with Gasteiger partial charge in [-0.05, 0) is 23.8 Å². The maximum atomic E-state index is 12.4. The highest BCUT2D eigenvalue weighted by Gasteiger charge is 2.12. The molecule has 134 valence electrons. The number of rotatable bonds is 4. The lowest BCUT2D eigenvalue weighted by Gasteiger charge is -2.06. The van der Waals surface area contributed by atoms with Crippen LogP contribution in [0.2, 0.25) is 0 Å². The van der Waals surface area contributed by atoms with Crippen LogP contribution in [-0.2, 0) is 13.6 Å². The topological polar surface area (TPSA) is 90.0 Å². The van der Waals surface area contributed by atoms with E-state index in [9.17, 15) is 9.59 Å². The zero-order valence-corrected chi connectivity index (χ0v) is 14.5. The highest BCUT2D eigenvalue weighted by atomic mass is 16.3. The molecular formula is C20H16N4O3. The first-order chi connectivity index (χ1) is 13.1. The highest BCUT2D eigenvalue weighted by Crippen LogP contribution is 2.18. The van der Waals surface area contributed by atoms with Gasteiger partial charge in [-0.2, -0.15) is 5.10 Å². The van der Waals surface area contributed by atoms with Crippen molar-refractivity contribution in [3.8, 4) is 11.1 Å². The van der Waals surface area contributed by atoms with Crippen LogP contribution in [0.15, 0.2) is 70.4 Å². The summed E-state index contributed by atoms with van der Waals surface area (Å²) in [5.74, 6) is -0.472. The summed E-state index contributed by atoms with van der Waals surface area (Å²) in [5.41, 5.74) is 2.82. The standard InChI is InChI=1S/C20H16N4O3/c1-24-12-15(11-23-24)14-6-13(8-21-10-14)9-22-20(26)19-7-17(25)16-4-2-3-5-18(16)27-19/h2-8,10-12H,9H2,1H3,(H,22,26). The van der Waals surface area contributed by atoms with Crippen molar-refractivity contribution in [3.63, 3.8) is 0 Å². The van der Waals surface area contributed by atoms with Crippen LogP contribution < -0.4 is 10.7 Å². The molecule has 0 unspecified atom stereocenters. The Kier molecular flexibility index (Phi) is 4.25. The van der Waals surface area contributed by atoms with E-state index < -0.39 is 5.91 Å². The minimum atomic E-state index is -0.454. The maximum absolute atomic E-state index is 12.4. The summed E-state index contributed by atoms with van der Waals surface area (Å²) in [6, 6.07) is 9.97. The molecule has 7 heteroatoms. The Bertz CT molecular complexity index is 1190. The summed E-state index contributed by atoms with van der Waals surface area (Å²) < 4.78 is 7.26. The lowest BCUT2D eigenvalue weighted by molar-refractivity contribution is 0.0923. The Morgan fingerprint density at radius 3 is 2.81 bits per heavy atom. The van der Waals surface area contributed by atoms with Gasteiger partial charge in [0.05, 0.1) is 11.6 Å². The van der Waals surface area contributed by atoms with Crippen molar-refractivity contribution in [3.05, 3.63) is 82.7 Å². The van der Waals surface area contributed by atoms with Crippen LogP contribution in [0.3, 0.4) is 0 Å². The Morgan fingerprint density at radius 1 is 1.15 bits per heavy atom. The summed E-state index contributed by atoms with van der Waals surface area (Å²) in [6.45, 7) is 0.260. The van der Waals surface area contributed by atoms with E-state index in [4.69, 9.17) is 4.42 Å². The number of aromatic nitrogens is 3. The van der Waals surface area contributed by atoms with Crippen LogP contribution in [-0.4, -0.2) is 20.7 Å². The third kappa shape index (κ3) is 3.48. The summed E-state index contributed by atoms with van der Waals surface area (Å²) in [7, 11) is 1.85. The SMILES string of the molecule is Cn1cc(-c2cncc(CNC(=O)c3cc(=O)c4ccccc4o3)c2)cn1. The summed E-state index contributed by atoms with van der Waals surface area (Å²) >= 11 is 0. The van der Waals surface area contributed by atoms with Crippen LogP contribution in [0.5, 0.6) is 0 Å². The van der Waals surface area contributed by atoms with Gasteiger partial charge in [-0.25, -0.2) is 0 Å². The van der Waals surface area contributed by atoms with Gasteiger partial charge < -0.3 is 9.73 Å². The van der Waals surface area contributed by atoms with Gasteiger partial charge in [0, 0.05) is 49.4 Å². The summed E-state index contributed by atoms with van der Waals surface area (Å²) in [6.07, 6.45) is 7.06. The third-order valence-electron chi connectivity index (χ3n) is 4.14. The fourth-order valence-electron chi connectivity index (χ4n) is 2.80. The molecule has 7 nitrogen and oxygen atoms in total. The first kappa shape index (κ1) is 16.7. The number of aryl methyl sites for hydroxylation is 1. The minimum Gasteiger partial charge on any atom is -0.451 e. The van der Waals surface area contributed by atoms with Gasteiger partial charge in [-0.15, -0.1) is 0 Å². The van der Waals surface area contributed by atoms with Crippen molar-refractivity contribution in [1.29, 1.82) is 0 Å². The van der Waals surface area contributed by atoms with Crippen molar-refractivity contribution >= 4 is 16.9 Å². The van der Waals surface area contributed by atoms with E-state index in [0.29, 0.717) is 11.0 Å². The Morgan fingerprint density at radius 2 is 2.00 bits per heavy atom. The van der Waals surface area contributed by atoms with Crippen molar-refractivity contribution in [2.24, 2.45) is 7.05 Å². The van der Waals surface area contributed by atoms with E-state index in [1.807, 2.05) is 19.3 Å². The van der Waals surface area contributed by atoms with Gasteiger partial charge in [0.2, 0.25) is 0 Å². The van der Waals surface area contributed by atoms with Crippen molar-refractivity contribution in [2.45, 2.75) is 6.54 Å². The first-order valence-corrected chi connectivity index (χ1v) is 8.34. The second-order valence-electron chi connectivity index (χ2n) is 6.14. The third-order valence-corrected chi connectivity index (χ3v) is 4.14. The predicted molar refractivity (Wildman–Crippen MR) is 100 cm³/mol. The monoisotopic (exact) mass is 360 g/mol. The smallest absolute Gasteiger partial charge is 0.287 e.